The lowest BCUT2D eigenvalue weighted by atomic mass is 10.1. The largest absolute Gasteiger partial charge is 0.324 e. The van der Waals surface area contributed by atoms with E-state index in [1.165, 1.54) is 0 Å². The molecule has 1 N–H and O–H groups in total. The van der Waals surface area contributed by atoms with Gasteiger partial charge in [-0.3, -0.25) is 14.8 Å². The molecule has 0 aliphatic carbocycles. The van der Waals surface area contributed by atoms with Gasteiger partial charge < -0.3 is 5.32 Å². The van der Waals surface area contributed by atoms with Gasteiger partial charge >= 0.3 is 0 Å². The van der Waals surface area contributed by atoms with Gasteiger partial charge in [0.2, 0.25) is 5.91 Å². The number of hydrogen-bond acceptors (Lipinski definition) is 3. The number of rotatable bonds is 3. The average Bonchev–Trinajstić information content (AvgIpc) is 2.47. The van der Waals surface area contributed by atoms with Crippen LogP contribution in [-0.2, 0) is 11.2 Å². The van der Waals surface area contributed by atoms with E-state index in [0.717, 1.165) is 16.3 Å². The number of hydrogen-bond donors (Lipinski definition) is 1. The van der Waals surface area contributed by atoms with Crippen LogP contribution in [0.2, 0.25) is 5.02 Å². The third-order valence-corrected chi connectivity index (χ3v) is 3.32. The molecule has 0 saturated carbocycles. The molecule has 2 aromatic heterocycles. The van der Waals surface area contributed by atoms with E-state index in [9.17, 15) is 4.79 Å². The first kappa shape index (κ1) is 13.5. The highest BCUT2D eigenvalue weighted by atomic mass is 35.5. The average molecular weight is 298 g/mol. The summed E-state index contributed by atoms with van der Waals surface area (Å²) in [5.41, 5.74) is 1.55. The van der Waals surface area contributed by atoms with Gasteiger partial charge in [-0.1, -0.05) is 23.7 Å². The van der Waals surface area contributed by atoms with Crippen LogP contribution < -0.4 is 5.32 Å². The standard InChI is InChI=1S/C16H12ClN3O/c17-13-3-1-2-11(6-13)7-16(21)20-15-10-19-9-12-8-18-5-4-14(12)15/h1-6,8-10H,7H2,(H,20,21). The molecule has 0 atom stereocenters. The zero-order valence-corrected chi connectivity index (χ0v) is 11.8. The van der Waals surface area contributed by atoms with Crippen LogP contribution in [-0.4, -0.2) is 15.9 Å². The van der Waals surface area contributed by atoms with Crippen molar-refractivity contribution in [1.82, 2.24) is 9.97 Å². The van der Waals surface area contributed by atoms with Crippen molar-refractivity contribution < 1.29 is 4.79 Å². The Labute approximate surface area is 126 Å². The second-order valence-corrected chi connectivity index (χ2v) is 5.08. The number of aromatic nitrogens is 2. The summed E-state index contributed by atoms with van der Waals surface area (Å²) in [4.78, 5) is 20.3. The van der Waals surface area contributed by atoms with Crippen molar-refractivity contribution in [3.8, 4) is 0 Å². The van der Waals surface area contributed by atoms with Gasteiger partial charge in [0, 0.05) is 34.4 Å². The molecule has 0 fully saturated rings. The van der Waals surface area contributed by atoms with Gasteiger partial charge in [0.05, 0.1) is 18.3 Å². The zero-order chi connectivity index (χ0) is 14.7. The number of halogens is 1. The number of amides is 1. The number of nitrogens with one attached hydrogen (secondary N) is 1. The van der Waals surface area contributed by atoms with Crippen molar-refractivity contribution in [2.75, 3.05) is 5.32 Å². The molecule has 3 rings (SSSR count). The number of nitrogens with zero attached hydrogens (tertiary/aromatic N) is 2. The molecule has 0 aliphatic rings. The van der Waals surface area contributed by atoms with Crippen molar-refractivity contribution in [1.29, 1.82) is 0 Å². The first-order valence-electron chi connectivity index (χ1n) is 6.44. The topological polar surface area (TPSA) is 54.9 Å². The molecule has 0 bridgehead atoms. The number of fused-ring (bicyclic) bond motifs is 1. The quantitative estimate of drug-likeness (QED) is 0.805. The van der Waals surface area contributed by atoms with Crippen LogP contribution >= 0.6 is 11.6 Å². The van der Waals surface area contributed by atoms with Gasteiger partial charge in [0.25, 0.3) is 0 Å². The summed E-state index contributed by atoms with van der Waals surface area (Å²) in [7, 11) is 0. The Morgan fingerprint density at radius 1 is 1.14 bits per heavy atom. The van der Waals surface area contributed by atoms with E-state index >= 15 is 0 Å². The number of pyridine rings is 2. The van der Waals surface area contributed by atoms with Crippen LogP contribution in [0.1, 0.15) is 5.56 Å². The molecule has 2 heterocycles. The summed E-state index contributed by atoms with van der Waals surface area (Å²) in [6, 6.07) is 9.12. The highest BCUT2D eigenvalue weighted by molar-refractivity contribution is 6.30. The lowest BCUT2D eigenvalue weighted by molar-refractivity contribution is -0.115. The van der Waals surface area contributed by atoms with Crippen molar-refractivity contribution >= 4 is 34.0 Å². The lowest BCUT2D eigenvalue weighted by Crippen LogP contribution is -2.14. The van der Waals surface area contributed by atoms with Crippen LogP contribution in [0.15, 0.2) is 55.1 Å². The first-order valence-corrected chi connectivity index (χ1v) is 6.82. The van der Waals surface area contributed by atoms with Gasteiger partial charge in [-0.05, 0) is 23.8 Å². The number of carbonyl (C=O) groups excluding carboxylic acids is 1. The maximum atomic E-state index is 12.1. The molecular formula is C16H12ClN3O. The molecule has 1 amide bonds. The van der Waals surface area contributed by atoms with E-state index in [1.54, 1.807) is 36.9 Å². The molecular weight excluding hydrogens is 286 g/mol. The van der Waals surface area contributed by atoms with Gasteiger partial charge in [0.15, 0.2) is 0 Å². The Hall–Kier alpha value is -2.46. The Kier molecular flexibility index (Phi) is 3.79. The minimum atomic E-state index is -0.108. The highest BCUT2D eigenvalue weighted by Gasteiger charge is 2.07. The number of anilines is 1. The van der Waals surface area contributed by atoms with Gasteiger partial charge in [-0.25, -0.2) is 0 Å². The van der Waals surface area contributed by atoms with E-state index < -0.39 is 0 Å². The minimum Gasteiger partial charge on any atom is -0.324 e. The van der Waals surface area contributed by atoms with Crippen molar-refractivity contribution in [2.45, 2.75) is 6.42 Å². The minimum absolute atomic E-state index is 0.108. The van der Waals surface area contributed by atoms with Crippen molar-refractivity contribution in [3.05, 3.63) is 65.7 Å². The Morgan fingerprint density at radius 2 is 2.00 bits per heavy atom. The second-order valence-electron chi connectivity index (χ2n) is 4.64. The lowest BCUT2D eigenvalue weighted by Gasteiger charge is -2.08. The molecule has 104 valence electrons. The van der Waals surface area contributed by atoms with Crippen LogP contribution in [0, 0.1) is 0 Å². The molecule has 1 aromatic carbocycles. The van der Waals surface area contributed by atoms with E-state index in [-0.39, 0.29) is 12.3 Å². The van der Waals surface area contributed by atoms with Gasteiger partial charge in [-0.2, -0.15) is 0 Å². The predicted octanol–water partition coefficient (Wildman–Crippen LogP) is 3.46. The van der Waals surface area contributed by atoms with Crippen molar-refractivity contribution in [2.24, 2.45) is 0 Å². The fourth-order valence-corrected chi connectivity index (χ4v) is 2.36. The van der Waals surface area contributed by atoms with E-state index in [2.05, 4.69) is 15.3 Å². The number of carbonyl (C=O) groups is 1. The Morgan fingerprint density at radius 3 is 2.86 bits per heavy atom. The molecule has 0 spiro atoms. The van der Waals surface area contributed by atoms with Gasteiger partial charge in [-0.15, -0.1) is 0 Å². The summed E-state index contributed by atoms with van der Waals surface area (Å²) in [5.74, 6) is -0.108. The molecule has 0 radical (unpaired) electrons. The molecule has 4 nitrogen and oxygen atoms in total. The van der Waals surface area contributed by atoms with Gasteiger partial charge in [0.1, 0.15) is 0 Å². The second kappa shape index (κ2) is 5.89. The third kappa shape index (κ3) is 3.17. The molecule has 3 aromatic rings. The van der Waals surface area contributed by atoms with E-state index in [4.69, 9.17) is 11.6 Å². The SMILES string of the molecule is O=C(Cc1cccc(Cl)c1)Nc1cncc2cnccc12. The summed E-state index contributed by atoms with van der Waals surface area (Å²) < 4.78 is 0. The Balaban J connectivity index is 1.80. The van der Waals surface area contributed by atoms with Crippen LogP contribution in [0.4, 0.5) is 5.69 Å². The zero-order valence-electron chi connectivity index (χ0n) is 11.1. The molecule has 21 heavy (non-hydrogen) atoms. The smallest absolute Gasteiger partial charge is 0.228 e. The fourth-order valence-electron chi connectivity index (χ4n) is 2.14. The Bertz CT molecular complexity index is 799. The van der Waals surface area contributed by atoms with Crippen LogP contribution in [0.5, 0.6) is 0 Å². The molecule has 0 aliphatic heterocycles. The highest BCUT2D eigenvalue weighted by Crippen LogP contribution is 2.21. The predicted molar refractivity (Wildman–Crippen MR) is 83.3 cm³/mol. The van der Waals surface area contributed by atoms with Crippen molar-refractivity contribution in [3.63, 3.8) is 0 Å². The first-order chi connectivity index (χ1) is 10.2. The van der Waals surface area contributed by atoms with E-state index in [0.29, 0.717) is 10.7 Å². The summed E-state index contributed by atoms with van der Waals surface area (Å²) in [6.45, 7) is 0. The fraction of sp³-hybridized carbons (Fsp3) is 0.0625. The molecule has 0 saturated heterocycles. The summed E-state index contributed by atoms with van der Waals surface area (Å²) in [6.07, 6.45) is 7.03. The molecule has 0 unspecified atom stereocenters. The third-order valence-electron chi connectivity index (χ3n) is 3.09. The monoisotopic (exact) mass is 297 g/mol. The maximum Gasteiger partial charge on any atom is 0.228 e. The normalized spacial score (nSPS) is 10.5. The van der Waals surface area contributed by atoms with Crippen LogP contribution in [0.3, 0.4) is 0 Å². The summed E-state index contributed by atoms with van der Waals surface area (Å²) in [5, 5.41) is 5.31. The van der Waals surface area contributed by atoms with Crippen LogP contribution in [0.25, 0.3) is 10.8 Å². The van der Waals surface area contributed by atoms with E-state index in [1.807, 2.05) is 18.2 Å². The number of benzene rings is 1. The maximum absolute atomic E-state index is 12.1. The summed E-state index contributed by atoms with van der Waals surface area (Å²) >= 11 is 5.92. The molecule has 5 heteroatoms.